The molecule has 0 saturated carbocycles. The fraction of sp³-hybridized carbons (Fsp3) is 0.308. The molecule has 0 aromatic heterocycles. The van der Waals surface area contributed by atoms with E-state index in [0.717, 1.165) is 17.3 Å². The van der Waals surface area contributed by atoms with Crippen molar-refractivity contribution in [3.8, 4) is 0 Å². The van der Waals surface area contributed by atoms with Gasteiger partial charge in [-0.25, -0.2) is 0 Å². The molecular weight excluding hydrogens is 282 g/mol. The molecule has 1 unspecified atom stereocenters. The molecule has 19 heavy (non-hydrogen) atoms. The van der Waals surface area contributed by atoms with Gasteiger partial charge in [0.25, 0.3) is 0 Å². The van der Waals surface area contributed by atoms with Gasteiger partial charge in [0.15, 0.2) is 0 Å². The Morgan fingerprint density at radius 2 is 2.11 bits per heavy atom. The number of aliphatic carboxylic acids is 1. The van der Waals surface area contributed by atoms with E-state index in [-0.39, 0.29) is 18.4 Å². The summed E-state index contributed by atoms with van der Waals surface area (Å²) in [6, 6.07) is 9.38. The topological polar surface area (TPSA) is 57.6 Å². The number of nitrogens with zero attached hydrogens (tertiary/aromatic N) is 1. The summed E-state index contributed by atoms with van der Waals surface area (Å²) in [5.41, 5.74) is 0.981. The first-order chi connectivity index (χ1) is 9.00. The van der Waals surface area contributed by atoms with E-state index in [1.165, 1.54) is 4.90 Å². The number of rotatable bonds is 4. The number of carboxylic acids is 1. The normalized spacial score (nSPS) is 20.7. The summed E-state index contributed by atoms with van der Waals surface area (Å²) >= 11 is 6.36. The van der Waals surface area contributed by atoms with Gasteiger partial charge in [0.05, 0.1) is 12.5 Å². The molecule has 0 bridgehead atoms. The van der Waals surface area contributed by atoms with E-state index in [9.17, 15) is 9.59 Å². The highest BCUT2D eigenvalue weighted by atomic mass is 32.2. The average Bonchev–Trinajstić information content (AvgIpc) is 2.64. The number of carboxylic acid groups (broad SMARTS) is 1. The first kappa shape index (κ1) is 14.0. The summed E-state index contributed by atoms with van der Waals surface area (Å²) in [5.74, 6) is -1.20. The zero-order valence-corrected chi connectivity index (χ0v) is 11.9. The van der Waals surface area contributed by atoms with Gasteiger partial charge in [-0.3, -0.25) is 14.5 Å². The van der Waals surface area contributed by atoms with Crippen molar-refractivity contribution >= 4 is 40.2 Å². The predicted molar refractivity (Wildman–Crippen MR) is 77.9 cm³/mol. The molecule has 0 spiro atoms. The van der Waals surface area contributed by atoms with Crippen molar-refractivity contribution in [1.29, 1.82) is 0 Å². The molecule has 1 aliphatic rings. The molecule has 1 saturated heterocycles. The van der Waals surface area contributed by atoms with Gasteiger partial charge in [0.2, 0.25) is 5.91 Å². The molecule has 1 aromatic rings. The minimum Gasteiger partial charge on any atom is -0.481 e. The third kappa shape index (κ3) is 2.96. The lowest BCUT2D eigenvalue weighted by atomic mass is 10.1. The van der Waals surface area contributed by atoms with Crippen molar-refractivity contribution in [2.45, 2.75) is 24.6 Å². The Morgan fingerprint density at radius 1 is 1.47 bits per heavy atom. The lowest BCUT2D eigenvalue weighted by Crippen LogP contribution is -2.34. The predicted octanol–water partition coefficient (Wildman–Crippen LogP) is 2.45. The van der Waals surface area contributed by atoms with E-state index < -0.39 is 11.2 Å². The second-order valence-electron chi connectivity index (χ2n) is 4.27. The summed E-state index contributed by atoms with van der Waals surface area (Å²) < 4.78 is 0.451. The number of hydrogen-bond acceptors (Lipinski definition) is 4. The van der Waals surface area contributed by atoms with Gasteiger partial charge >= 0.3 is 5.97 Å². The molecule has 0 aliphatic carbocycles. The van der Waals surface area contributed by atoms with Crippen LogP contribution in [0, 0.1) is 0 Å². The lowest BCUT2D eigenvalue weighted by Gasteiger charge is -2.24. The standard InChI is InChI=1S/C13H13NO3S2/c1-8(9-5-3-2-4-6-9)14-12(17)10(7-11(15)16)19-13(14)18/h2-6,8,10H,7H2,1H3,(H,15,16)/t8-,10?/m0/s1. The Balaban J connectivity index is 2.19. The van der Waals surface area contributed by atoms with Crippen LogP contribution in [0.15, 0.2) is 30.3 Å². The van der Waals surface area contributed by atoms with Crippen molar-refractivity contribution in [2.24, 2.45) is 0 Å². The Morgan fingerprint density at radius 3 is 2.68 bits per heavy atom. The van der Waals surface area contributed by atoms with E-state index in [4.69, 9.17) is 17.3 Å². The summed E-state index contributed by atoms with van der Waals surface area (Å²) in [5, 5.41) is 8.19. The summed E-state index contributed by atoms with van der Waals surface area (Å²) in [7, 11) is 0. The second kappa shape index (κ2) is 5.71. The monoisotopic (exact) mass is 295 g/mol. The summed E-state index contributed by atoms with van der Waals surface area (Å²) in [6.07, 6.45) is -0.193. The van der Waals surface area contributed by atoms with Crippen molar-refractivity contribution < 1.29 is 14.7 Å². The fourth-order valence-corrected chi connectivity index (χ4v) is 3.63. The molecule has 1 aromatic carbocycles. The number of carbonyl (C=O) groups excluding carboxylic acids is 1. The zero-order valence-electron chi connectivity index (χ0n) is 10.3. The number of amides is 1. The van der Waals surface area contributed by atoms with Crippen LogP contribution in [0.25, 0.3) is 0 Å². The maximum atomic E-state index is 12.2. The maximum Gasteiger partial charge on any atom is 0.305 e. The van der Waals surface area contributed by atoms with E-state index in [1.807, 2.05) is 37.3 Å². The third-order valence-corrected chi connectivity index (χ3v) is 4.52. The maximum absolute atomic E-state index is 12.2. The number of carbonyl (C=O) groups is 2. The highest BCUT2D eigenvalue weighted by molar-refractivity contribution is 8.24. The molecule has 1 fully saturated rings. The molecule has 0 radical (unpaired) electrons. The van der Waals surface area contributed by atoms with Crippen molar-refractivity contribution in [1.82, 2.24) is 4.90 Å². The molecule has 2 rings (SSSR count). The quantitative estimate of drug-likeness (QED) is 0.865. The van der Waals surface area contributed by atoms with Crippen LogP contribution in [0.3, 0.4) is 0 Å². The van der Waals surface area contributed by atoms with Crippen LogP contribution in [0.2, 0.25) is 0 Å². The molecule has 4 nitrogen and oxygen atoms in total. The van der Waals surface area contributed by atoms with Gasteiger partial charge in [-0.15, -0.1) is 0 Å². The van der Waals surface area contributed by atoms with Crippen LogP contribution in [0.4, 0.5) is 0 Å². The van der Waals surface area contributed by atoms with Crippen molar-refractivity contribution in [3.05, 3.63) is 35.9 Å². The summed E-state index contributed by atoms with van der Waals surface area (Å²) in [4.78, 5) is 24.5. The molecular formula is C13H13NO3S2. The zero-order chi connectivity index (χ0) is 14.0. The van der Waals surface area contributed by atoms with Crippen LogP contribution >= 0.6 is 24.0 Å². The van der Waals surface area contributed by atoms with Crippen LogP contribution in [0.5, 0.6) is 0 Å². The van der Waals surface area contributed by atoms with Gasteiger partial charge in [0, 0.05) is 0 Å². The molecule has 1 amide bonds. The van der Waals surface area contributed by atoms with Crippen LogP contribution < -0.4 is 0 Å². The molecule has 1 N–H and O–H groups in total. The Kier molecular flexibility index (Phi) is 4.21. The molecule has 1 aliphatic heterocycles. The second-order valence-corrected chi connectivity index (χ2v) is 6.10. The van der Waals surface area contributed by atoms with Crippen molar-refractivity contribution in [3.63, 3.8) is 0 Å². The van der Waals surface area contributed by atoms with Gasteiger partial charge in [-0.05, 0) is 12.5 Å². The Bertz CT molecular complexity index is 518. The van der Waals surface area contributed by atoms with Gasteiger partial charge in [0.1, 0.15) is 9.57 Å². The van der Waals surface area contributed by atoms with Gasteiger partial charge in [-0.1, -0.05) is 54.3 Å². The van der Waals surface area contributed by atoms with Crippen molar-refractivity contribution in [2.75, 3.05) is 0 Å². The van der Waals surface area contributed by atoms with Crippen LogP contribution in [0.1, 0.15) is 24.9 Å². The molecule has 2 atom stereocenters. The highest BCUT2D eigenvalue weighted by Crippen LogP contribution is 2.35. The van der Waals surface area contributed by atoms with E-state index >= 15 is 0 Å². The molecule has 100 valence electrons. The number of hydrogen-bond donors (Lipinski definition) is 1. The van der Waals surface area contributed by atoms with E-state index in [1.54, 1.807) is 0 Å². The van der Waals surface area contributed by atoms with Crippen LogP contribution in [-0.2, 0) is 9.59 Å². The number of thiocarbonyl (C=S) groups is 1. The minimum atomic E-state index is -0.983. The smallest absolute Gasteiger partial charge is 0.305 e. The highest BCUT2D eigenvalue weighted by Gasteiger charge is 2.40. The average molecular weight is 295 g/mol. The Hall–Kier alpha value is -1.40. The number of benzene rings is 1. The van der Waals surface area contributed by atoms with E-state index in [0.29, 0.717) is 4.32 Å². The summed E-state index contributed by atoms with van der Waals surface area (Å²) in [6.45, 7) is 1.89. The first-order valence-electron chi connectivity index (χ1n) is 5.81. The lowest BCUT2D eigenvalue weighted by molar-refractivity contribution is -0.139. The van der Waals surface area contributed by atoms with Crippen LogP contribution in [-0.4, -0.2) is 31.5 Å². The number of thioether (sulfide) groups is 1. The fourth-order valence-electron chi connectivity index (χ4n) is 1.99. The SMILES string of the molecule is C[C@@H](c1ccccc1)N1C(=O)C(CC(=O)O)SC1=S. The van der Waals surface area contributed by atoms with Gasteiger partial charge < -0.3 is 5.11 Å². The van der Waals surface area contributed by atoms with Gasteiger partial charge in [-0.2, -0.15) is 0 Å². The minimum absolute atomic E-state index is 0.174. The molecule has 1 heterocycles. The Labute approximate surface area is 120 Å². The molecule has 6 heteroatoms. The first-order valence-corrected chi connectivity index (χ1v) is 7.10. The third-order valence-electron chi connectivity index (χ3n) is 2.98. The largest absolute Gasteiger partial charge is 0.481 e. The van der Waals surface area contributed by atoms with E-state index in [2.05, 4.69) is 0 Å².